The van der Waals surface area contributed by atoms with Gasteiger partial charge in [0.2, 0.25) is 0 Å². The number of H-pyrrole nitrogens is 1. The summed E-state index contributed by atoms with van der Waals surface area (Å²) in [6.45, 7) is 0. The summed E-state index contributed by atoms with van der Waals surface area (Å²) in [7, 11) is 1.43. The molecule has 0 radical (unpaired) electrons. The van der Waals surface area contributed by atoms with Crippen LogP contribution >= 0.6 is 10.7 Å². The SMILES string of the molecule is O=C(NC1CC2CCC1C2)c1cc(S(=O)(=O)Cl)c[nH]1. The molecule has 3 atom stereocenters. The van der Waals surface area contributed by atoms with Crippen molar-refractivity contribution in [3.63, 3.8) is 0 Å². The van der Waals surface area contributed by atoms with Crippen LogP contribution in [-0.4, -0.2) is 25.4 Å². The van der Waals surface area contributed by atoms with E-state index in [4.69, 9.17) is 10.7 Å². The number of carbonyl (C=O) groups excluding carboxylic acids is 1. The molecule has 0 spiro atoms. The molecule has 1 aromatic rings. The third-order valence-electron chi connectivity index (χ3n) is 4.24. The van der Waals surface area contributed by atoms with E-state index in [0.29, 0.717) is 5.92 Å². The molecule has 5 nitrogen and oxygen atoms in total. The maximum Gasteiger partial charge on any atom is 0.267 e. The zero-order valence-electron chi connectivity index (χ0n) is 10.2. The number of nitrogens with one attached hydrogen (secondary N) is 2. The van der Waals surface area contributed by atoms with E-state index in [1.807, 2.05) is 0 Å². The van der Waals surface area contributed by atoms with Crippen LogP contribution in [0.5, 0.6) is 0 Å². The van der Waals surface area contributed by atoms with E-state index in [2.05, 4.69) is 10.3 Å². The van der Waals surface area contributed by atoms with Crippen molar-refractivity contribution in [2.24, 2.45) is 11.8 Å². The highest BCUT2D eigenvalue weighted by Crippen LogP contribution is 2.44. The summed E-state index contributed by atoms with van der Waals surface area (Å²) in [4.78, 5) is 14.6. The third kappa shape index (κ3) is 2.51. The lowest BCUT2D eigenvalue weighted by atomic mass is 9.95. The highest BCUT2D eigenvalue weighted by atomic mass is 35.7. The Labute approximate surface area is 116 Å². The van der Waals surface area contributed by atoms with Crippen molar-refractivity contribution in [2.45, 2.75) is 36.6 Å². The fourth-order valence-electron chi connectivity index (χ4n) is 3.31. The van der Waals surface area contributed by atoms with Crippen molar-refractivity contribution in [2.75, 3.05) is 0 Å². The summed E-state index contributed by atoms with van der Waals surface area (Å²) in [5.41, 5.74) is 0.238. The molecule has 104 valence electrons. The number of amides is 1. The van der Waals surface area contributed by atoms with Gasteiger partial charge in [-0.3, -0.25) is 4.79 Å². The summed E-state index contributed by atoms with van der Waals surface area (Å²) < 4.78 is 22.3. The van der Waals surface area contributed by atoms with Crippen molar-refractivity contribution < 1.29 is 13.2 Å². The number of halogens is 1. The Morgan fingerprint density at radius 2 is 2.16 bits per heavy atom. The van der Waals surface area contributed by atoms with Crippen LogP contribution in [0.25, 0.3) is 0 Å². The van der Waals surface area contributed by atoms with E-state index in [0.717, 1.165) is 12.3 Å². The van der Waals surface area contributed by atoms with Crippen molar-refractivity contribution in [1.29, 1.82) is 0 Å². The lowest BCUT2D eigenvalue weighted by molar-refractivity contribution is 0.0918. The minimum Gasteiger partial charge on any atom is -0.356 e. The minimum atomic E-state index is -3.79. The Hall–Kier alpha value is -1.01. The molecule has 3 rings (SSSR count). The van der Waals surface area contributed by atoms with Crippen LogP contribution in [0, 0.1) is 11.8 Å². The molecule has 0 saturated heterocycles. The van der Waals surface area contributed by atoms with E-state index in [1.165, 1.54) is 31.5 Å². The highest BCUT2D eigenvalue weighted by Gasteiger charge is 2.40. The fraction of sp³-hybridized carbons (Fsp3) is 0.583. The molecule has 1 heterocycles. The standard InChI is InChI=1S/C12H15ClN2O3S/c13-19(17,18)9-5-11(14-6-9)12(16)15-10-4-7-1-2-8(10)3-7/h5-8,10,14H,1-4H2,(H,15,16). The van der Waals surface area contributed by atoms with Gasteiger partial charge in [-0.25, -0.2) is 8.42 Å². The van der Waals surface area contributed by atoms with Crippen LogP contribution in [-0.2, 0) is 9.05 Å². The molecule has 2 bridgehead atoms. The summed E-state index contributed by atoms with van der Waals surface area (Å²) in [5, 5.41) is 2.98. The average molecular weight is 303 g/mol. The first kappa shape index (κ1) is 13.0. The highest BCUT2D eigenvalue weighted by molar-refractivity contribution is 8.13. The van der Waals surface area contributed by atoms with E-state index in [-0.39, 0.29) is 22.5 Å². The summed E-state index contributed by atoms with van der Waals surface area (Å²) >= 11 is 0. The molecule has 2 aliphatic rings. The molecule has 2 aliphatic carbocycles. The van der Waals surface area contributed by atoms with Crippen LogP contribution in [0.2, 0.25) is 0 Å². The first-order chi connectivity index (χ1) is 8.93. The number of hydrogen-bond acceptors (Lipinski definition) is 3. The number of rotatable bonds is 3. The molecular formula is C12H15ClN2O3S. The van der Waals surface area contributed by atoms with Gasteiger partial charge in [-0.15, -0.1) is 0 Å². The van der Waals surface area contributed by atoms with Gasteiger partial charge in [0.1, 0.15) is 10.6 Å². The van der Waals surface area contributed by atoms with Gasteiger partial charge >= 0.3 is 0 Å². The number of fused-ring (bicyclic) bond motifs is 2. The van der Waals surface area contributed by atoms with Crippen LogP contribution < -0.4 is 5.32 Å². The monoisotopic (exact) mass is 302 g/mol. The molecule has 1 amide bonds. The zero-order valence-corrected chi connectivity index (χ0v) is 11.8. The molecule has 19 heavy (non-hydrogen) atoms. The number of carbonyl (C=O) groups is 1. The van der Waals surface area contributed by atoms with Crippen molar-refractivity contribution in [3.8, 4) is 0 Å². The number of hydrogen-bond donors (Lipinski definition) is 2. The van der Waals surface area contributed by atoms with Crippen LogP contribution in [0.3, 0.4) is 0 Å². The molecule has 2 saturated carbocycles. The smallest absolute Gasteiger partial charge is 0.267 e. The minimum absolute atomic E-state index is 0.0766. The lowest BCUT2D eigenvalue weighted by Crippen LogP contribution is -2.38. The van der Waals surface area contributed by atoms with Gasteiger partial charge in [-0.1, -0.05) is 6.42 Å². The third-order valence-corrected chi connectivity index (χ3v) is 5.57. The second-order valence-corrected chi connectivity index (χ2v) is 8.01. The van der Waals surface area contributed by atoms with Gasteiger partial charge in [-0.2, -0.15) is 0 Å². The quantitative estimate of drug-likeness (QED) is 0.837. The van der Waals surface area contributed by atoms with Gasteiger partial charge in [0.15, 0.2) is 0 Å². The second kappa shape index (κ2) is 4.52. The van der Waals surface area contributed by atoms with Crippen LogP contribution in [0.4, 0.5) is 0 Å². The first-order valence-corrected chi connectivity index (χ1v) is 8.68. The van der Waals surface area contributed by atoms with Crippen molar-refractivity contribution in [3.05, 3.63) is 18.0 Å². The van der Waals surface area contributed by atoms with Gasteiger partial charge in [0.05, 0.1) is 0 Å². The number of aromatic nitrogens is 1. The van der Waals surface area contributed by atoms with Crippen molar-refractivity contribution >= 4 is 25.6 Å². The van der Waals surface area contributed by atoms with E-state index in [1.54, 1.807) is 0 Å². The van der Waals surface area contributed by atoms with E-state index >= 15 is 0 Å². The molecule has 2 N–H and O–H groups in total. The van der Waals surface area contributed by atoms with Gasteiger partial charge in [0, 0.05) is 22.9 Å². The van der Waals surface area contributed by atoms with Gasteiger partial charge in [-0.05, 0) is 37.2 Å². The average Bonchev–Trinajstić information content (AvgIpc) is 3.03. The molecular weight excluding hydrogens is 288 g/mol. The van der Waals surface area contributed by atoms with Crippen molar-refractivity contribution in [1.82, 2.24) is 10.3 Å². The summed E-state index contributed by atoms with van der Waals surface area (Å²) in [6.07, 6.45) is 5.93. The maximum absolute atomic E-state index is 12.0. The Morgan fingerprint density at radius 1 is 1.37 bits per heavy atom. The lowest BCUT2D eigenvalue weighted by Gasteiger charge is -2.22. The normalized spacial score (nSPS) is 29.6. The zero-order chi connectivity index (χ0) is 13.6. The molecule has 7 heteroatoms. The molecule has 0 aliphatic heterocycles. The number of aromatic amines is 1. The second-order valence-electron chi connectivity index (χ2n) is 5.44. The molecule has 2 fully saturated rings. The van der Waals surface area contributed by atoms with Crippen LogP contribution in [0.1, 0.15) is 36.2 Å². The summed E-state index contributed by atoms with van der Waals surface area (Å²) in [5.74, 6) is 1.07. The molecule has 3 unspecified atom stereocenters. The Morgan fingerprint density at radius 3 is 2.68 bits per heavy atom. The van der Waals surface area contributed by atoms with Gasteiger partial charge < -0.3 is 10.3 Å². The first-order valence-electron chi connectivity index (χ1n) is 6.37. The molecule has 1 aromatic heterocycles. The molecule has 0 aromatic carbocycles. The predicted octanol–water partition coefficient (Wildman–Crippen LogP) is 1.86. The Kier molecular flexibility index (Phi) is 3.09. The Balaban J connectivity index is 1.69. The maximum atomic E-state index is 12.0. The van der Waals surface area contributed by atoms with E-state index in [9.17, 15) is 13.2 Å². The summed E-state index contributed by atoms with van der Waals surface area (Å²) in [6, 6.07) is 1.50. The fourth-order valence-corrected chi connectivity index (χ4v) is 4.04. The largest absolute Gasteiger partial charge is 0.356 e. The predicted molar refractivity (Wildman–Crippen MR) is 70.5 cm³/mol. The van der Waals surface area contributed by atoms with Gasteiger partial charge in [0.25, 0.3) is 15.0 Å². The van der Waals surface area contributed by atoms with Crippen LogP contribution in [0.15, 0.2) is 17.2 Å². The topological polar surface area (TPSA) is 79.0 Å². The Bertz CT molecular complexity index is 610. The van der Waals surface area contributed by atoms with E-state index < -0.39 is 9.05 Å².